The van der Waals surface area contributed by atoms with Crippen LogP contribution in [-0.4, -0.2) is 18.2 Å². The third-order valence-corrected chi connectivity index (χ3v) is 3.37. The predicted molar refractivity (Wildman–Crippen MR) is 92.7 cm³/mol. The first kappa shape index (κ1) is 17.7. The van der Waals surface area contributed by atoms with Gasteiger partial charge in [0.05, 0.1) is 18.7 Å². The van der Waals surface area contributed by atoms with Gasteiger partial charge in [-0.25, -0.2) is 9.82 Å². The molecule has 1 amide bonds. The molecule has 0 aliphatic heterocycles. The number of rotatable bonds is 7. The van der Waals surface area contributed by atoms with Crippen LogP contribution >= 0.6 is 0 Å². The molecule has 0 saturated heterocycles. The van der Waals surface area contributed by atoms with Crippen LogP contribution in [0, 0.1) is 5.82 Å². The molecule has 0 unspecified atom stereocenters. The summed E-state index contributed by atoms with van der Waals surface area (Å²) in [6.07, 6.45) is 1.11. The number of carbonyl (C=O) groups excluding carboxylic acids is 1. The van der Waals surface area contributed by atoms with Crippen LogP contribution in [0.2, 0.25) is 0 Å². The molecule has 4 nitrogen and oxygen atoms in total. The van der Waals surface area contributed by atoms with E-state index in [-0.39, 0.29) is 18.1 Å². The van der Waals surface area contributed by atoms with Crippen molar-refractivity contribution in [3.8, 4) is 5.75 Å². The number of nitrogens with one attached hydrogen (secondary N) is 1. The van der Waals surface area contributed by atoms with Gasteiger partial charge in [-0.3, -0.25) is 4.79 Å². The molecule has 0 atom stereocenters. The van der Waals surface area contributed by atoms with E-state index in [1.165, 1.54) is 12.1 Å². The third-order valence-electron chi connectivity index (χ3n) is 3.37. The smallest absolute Gasteiger partial charge is 0.244 e. The first-order valence-corrected chi connectivity index (χ1v) is 7.89. The molecular formula is C19H21FN2O2. The molecule has 24 heavy (non-hydrogen) atoms. The third kappa shape index (κ3) is 5.50. The molecule has 0 aliphatic rings. The van der Waals surface area contributed by atoms with Crippen LogP contribution < -0.4 is 10.2 Å². The number of hydrazone groups is 1. The molecule has 0 aromatic heterocycles. The van der Waals surface area contributed by atoms with Crippen LogP contribution in [0.5, 0.6) is 5.75 Å². The topological polar surface area (TPSA) is 50.7 Å². The lowest BCUT2D eigenvalue weighted by Gasteiger charge is -2.06. The molecular weight excluding hydrogens is 307 g/mol. The van der Waals surface area contributed by atoms with E-state index in [1.807, 2.05) is 31.2 Å². The summed E-state index contributed by atoms with van der Waals surface area (Å²) in [7, 11) is 0. The lowest BCUT2D eigenvalue weighted by Crippen LogP contribution is -2.21. The van der Waals surface area contributed by atoms with Gasteiger partial charge in [-0.05, 0) is 60.9 Å². The Morgan fingerprint density at radius 3 is 2.42 bits per heavy atom. The van der Waals surface area contributed by atoms with E-state index >= 15 is 0 Å². The lowest BCUT2D eigenvalue weighted by molar-refractivity contribution is -0.120. The second kappa shape index (κ2) is 8.82. The zero-order valence-electron chi connectivity index (χ0n) is 13.9. The van der Waals surface area contributed by atoms with Crippen molar-refractivity contribution in [3.63, 3.8) is 0 Å². The van der Waals surface area contributed by atoms with Crippen LogP contribution in [0.1, 0.15) is 31.4 Å². The Balaban J connectivity index is 1.90. The Hall–Kier alpha value is -2.69. The minimum Gasteiger partial charge on any atom is -0.494 e. The summed E-state index contributed by atoms with van der Waals surface area (Å²) in [4.78, 5) is 11.9. The van der Waals surface area contributed by atoms with Gasteiger partial charge < -0.3 is 4.74 Å². The molecule has 2 rings (SSSR count). The average Bonchev–Trinajstić information content (AvgIpc) is 2.60. The fraction of sp³-hybridized carbons (Fsp3) is 0.263. The molecule has 2 aromatic carbocycles. The van der Waals surface area contributed by atoms with Gasteiger partial charge in [0.15, 0.2) is 0 Å². The second-order valence-corrected chi connectivity index (χ2v) is 5.41. The maximum atomic E-state index is 12.8. The highest BCUT2D eigenvalue weighted by molar-refractivity contribution is 5.99. The number of ether oxygens (including phenoxy) is 1. The molecule has 0 spiro atoms. The van der Waals surface area contributed by atoms with Gasteiger partial charge in [0.2, 0.25) is 5.91 Å². The molecule has 0 saturated carbocycles. The van der Waals surface area contributed by atoms with Gasteiger partial charge in [-0.15, -0.1) is 0 Å². The van der Waals surface area contributed by atoms with Crippen molar-refractivity contribution in [2.45, 2.75) is 26.7 Å². The molecule has 0 heterocycles. The van der Waals surface area contributed by atoms with E-state index in [9.17, 15) is 9.18 Å². The summed E-state index contributed by atoms with van der Waals surface area (Å²) < 4.78 is 18.4. The summed E-state index contributed by atoms with van der Waals surface area (Å²) >= 11 is 0. The van der Waals surface area contributed by atoms with E-state index < -0.39 is 0 Å². The highest BCUT2D eigenvalue weighted by atomic mass is 19.1. The molecule has 0 radical (unpaired) electrons. The first-order valence-electron chi connectivity index (χ1n) is 7.89. The zero-order chi connectivity index (χ0) is 17.4. The highest BCUT2D eigenvalue weighted by Gasteiger charge is 2.04. The first-order chi connectivity index (χ1) is 11.6. The molecule has 0 fully saturated rings. The number of amides is 1. The van der Waals surface area contributed by atoms with E-state index in [0.717, 1.165) is 23.3 Å². The standard InChI is InChI=1S/C19H21FN2O2/c1-3-12-24-18-10-6-16(7-11-18)14(2)21-22-19(23)13-15-4-8-17(20)9-5-15/h4-11H,3,12-13H2,1-2H3,(H,22,23)/b21-14+. The fourth-order valence-electron chi connectivity index (χ4n) is 2.05. The summed E-state index contributed by atoms with van der Waals surface area (Å²) in [5.41, 5.74) is 4.85. The van der Waals surface area contributed by atoms with Crippen molar-refractivity contribution < 1.29 is 13.9 Å². The number of hydrogen-bond donors (Lipinski definition) is 1. The molecule has 5 heteroatoms. The van der Waals surface area contributed by atoms with Gasteiger partial charge in [0.25, 0.3) is 0 Å². The summed E-state index contributed by atoms with van der Waals surface area (Å²) in [6.45, 7) is 4.56. The number of hydrogen-bond acceptors (Lipinski definition) is 3. The Labute approximate surface area is 141 Å². The number of nitrogens with zero attached hydrogens (tertiary/aromatic N) is 1. The zero-order valence-corrected chi connectivity index (χ0v) is 13.9. The largest absolute Gasteiger partial charge is 0.494 e. The average molecular weight is 328 g/mol. The highest BCUT2D eigenvalue weighted by Crippen LogP contribution is 2.13. The van der Waals surface area contributed by atoms with Gasteiger partial charge >= 0.3 is 0 Å². The van der Waals surface area contributed by atoms with Crippen LogP contribution in [0.15, 0.2) is 53.6 Å². The minimum absolute atomic E-state index is 0.154. The summed E-state index contributed by atoms with van der Waals surface area (Å²) in [6, 6.07) is 13.4. The normalized spacial score (nSPS) is 11.2. The Kier molecular flexibility index (Phi) is 6.49. The van der Waals surface area contributed by atoms with Crippen molar-refractivity contribution in [1.82, 2.24) is 5.43 Å². The van der Waals surface area contributed by atoms with Gasteiger partial charge in [-0.2, -0.15) is 5.10 Å². The van der Waals surface area contributed by atoms with Crippen molar-refractivity contribution in [2.75, 3.05) is 6.61 Å². The van der Waals surface area contributed by atoms with Crippen LogP contribution in [-0.2, 0) is 11.2 Å². The minimum atomic E-state index is -0.320. The molecule has 2 aromatic rings. The predicted octanol–water partition coefficient (Wildman–Crippen LogP) is 3.70. The van der Waals surface area contributed by atoms with Gasteiger partial charge in [-0.1, -0.05) is 19.1 Å². The Morgan fingerprint density at radius 1 is 1.12 bits per heavy atom. The lowest BCUT2D eigenvalue weighted by atomic mass is 10.1. The Bertz CT molecular complexity index is 694. The second-order valence-electron chi connectivity index (χ2n) is 5.41. The Morgan fingerprint density at radius 2 is 1.79 bits per heavy atom. The maximum Gasteiger partial charge on any atom is 0.244 e. The number of benzene rings is 2. The van der Waals surface area contributed by atoms with Crippen molar-refractivity contribution in [1.29, 1.82) is 0 Å². The number of carbonyl (C=O) groups is 1. The molecule has 0 aliphatic carbocycles. The molecule has 126 valence electrons. The van der Waals surface area contributed by atoms with Crippen molar-refractivity contribution in [2.24, 2.45) is 5.10 Å². The van der Waals surface area contributed by atoms with E-state index in [1.54, 1.807) is 12.1 Å². The number of halogens is 1. The van der Waals surface area contributed by atoms with Crippen LogP contribution in [0.3, 0.4) is 0 Å². The van der Waals surface area contributed by atoms with E-state index in [2.05, 4.69) is 17.5 Å². The fourth-order valence-corrected chi connectivity index (χ4v) is 2.05. The van der Waals surface area contributed by atoms with Crippen molar-refractivity contribution in [3.05, 3.63) is 65.5 Å². The van der Waals surface area contributed by atoms with E-state index in [4.69, 9.17) is 4.74 Å². The van der Waals surface area contributed by atoms with Crippen molar-refractivity contribution >= 4 is 11.6 Å². The monoisotopic (exact) mass is 328 g/mol. The summed E-state index contributed by atoms with van der Waals surface area (Å²) in [5, 5.41) is 4.10. The van der Waals surface area contributed by atoms with Crippen LogP contribution in [0.25, 0.3) is 0 Å². The SMILES string of the molecule is CCCOc1ccc(/C(C)=N/NC(=O)Cc2ccc(F)cc2)cc1. The van der Waals surface area contributed by atoms with Crippen LogP contribution in [0.4, 0.5) is 4.39 Å². The van der Waals surface area contributed by atoms with Gasteiger partial charge in [0.1, 0.15) is 11.6 Å². The maximum absolute atomic E-state index is 12.8. The van der Waals surface area contributed by atoms with Gasteiger partial charge in [0, 0.05) is 0 Å². The molecule has 1 N–H and O–H groups in total. The van der Waals surface area contributed by atoms with E-state index in [0.29, 0.717) is 12.3 Å². The summed E-state index contributed by atoms with van der Waals surface area (Å²) in [5.74, 6) is 0.247. The quantitative estimate of drug-likeness (QED) is 0.622. The molecule has 0 bridgehead atoms.